The van der Waals surface area contributed by atoms with Gasteiger partial charge in [-0.3, -0.25) is 4.79 Å². The zero-order valence-electron chi connectivity index (χ0n) is 7.38. The van der Waals surface area contributed by atoms with E-state index < -0.39 is 6.04 Å². The minimum absolute atomic E-state index is 0.106. The van der Waals surface area contributed by atoms with Crippen LogP contribution in [-0.2, 0) is 9.53 Å². The second-order valence-corrected chi connectivity index (χ2v) is 3.17. The average Bonchev–Trinajstić information content (AvgIpc) is 2.51. The molecule has 1 rings (SSSR count). The lowest BCUT2D eigenvalue weighted by Crippen LogP contribution is -2.41. The molecule has 0 spiro atoms. The maximum atomic E-state index is 11.0. The quantitative estimate of drug-likeness (QED) is 0.610. The molecule has 0 aromatic heterocycles. The number of carbonyl (C=O) groups excluding carboxylic acids is 1. The number of ether oxygens (including phenoxy) is 1. The van der Waals surface area contributed by atoms with E-state index >= 15 is 0 Å². The molecule has 0 radical (unpaired) electrons. The van der Waals surface area contributed by atoms with Crippen molar-refractivity contribution < 1.29 is 9.53 Å². The van der Waals surface area contributed by atoms with Crippen LogP contribution in [0.15, 0.2) is 0 Å². The molecule has 0 aromatic rings. The summed E-state index contributed by atoms with van der Waals surface area (Å²) in [6, 6.07) is -0.425. The molecule has 0 aromatic carbocycles. The second-order valence-electron chi connectivity index (χ2n) is 3.17. The van der Waals surface area contributed by atoms with Gasteiger partial charge in [0.25, 0.3) is 0 Å². The van der Waals surface area contributed by atoms with Crippen molar-refractivity contribution in [2.24, 2.45) is 5.73 Å². The lowest BCUT2D eigenvalue weighted by molar-refractivity contribution is -0.122. The van der Waals surface area contributed by atoms with Crippen molar-refractivity contribution in [2.75, 3.05) is 13.2 Å². The normalized spacial score (nSPS) is 25.3. The van der Waals surface area contributed by atoms with Gasteiger partial charge in [0.15, 0.2) is 0 Å². The van der Waals surface area contributed by atoms with Gasteiger partial charge in [-0.05, 0) is 19.8 Å². The van der Waals surface area contributed by atoms with Gasteiger partial charge in [0, 0.05) is 13.2 Å². The van der Waals surface area contributed by atoms with Crippen LogP contribution >= 0.6 is 0 Å². The van der Waals surface area contributed by atoms with Crippen molar-refractivity contribution in [3.8, 4) is 0 Å². The molecule has 2 atom stereocenters. The van der Waals surface area contributed by atoms with Gasteiger partial charge in [-0.1, -0.05) is 0 Å². The van der Waals surface area contributed by atoms with E-state index in [2.05, 4.69) is 5.32 Å². The van der Waals surface area contributed by atoms with Crippen LogP contribution in [0.4, 0.5) is 0 Å². The third kappa shape index (κ3) is 2.79. The Labute approximate surface area is 72.5 Å². The molecule has 0 aliphatic carbocycles. The Balaban J connectivity index is 2.12. The van der Waals surface area contributed by atoms with Gasteiger partial charge in [-0.25, -0.2) is 0 Å². The molecule has 3 N–H and O–H groups in total. The lowest BCUT2D eigenvalue weighted by Gasteiger charge is -2.11. The minimum Gasteiger partial charge on any atom is -0.376 e. The molecular weight excluding hydrogens is 156 g/mol. The van der Waals surface area contributed by atoms with E-state index in [0.29, 0.717) is 6.54 Å². The Morgan fingerprint density at radius 1 is 1.83 bits per heavy atom. The highest BCUT2D eigenvalue weighted by Crippen LogP contribution is 2.10. The molecule has 4 nitrogen and oxygen atoms in total. The molecule has 1 aliphatic rings. The van der Waals surface area contributed by atoms with Crippen molar-refractivity contribution in [2.45, 2.75) is 31.9 Å². The highest BCUT2D eigenvalue weighted by molar-refractivity contribution is 5.80. The second kappa shape index (κ2) is 4.42. The summed E-state index contributed by atoms with van der Waals surface area (Å²) in [6.45, 7) is 3.09. The van der Waals surface area contributed by atoms with E-state index in [1.807, 2.05) is 0 Å². The summed E-state index contributed by atoms with van der Waals surface area (Å²) in [4.78, 5) is 11.0. The monoisotopic (exact) mass is 172 g/mol. The van der Waals surface area contributed by atoms with Gasteiger partial charge in [-0.2, -0.15) is 0 Å². The van der Waals surface area contributed by atoms with Gasteiger partial charge in [0.2, 0.25) is 5.91 Å². The van der Waals surface area contributed by atoms with Crippen molar-refractivity contribution in [1.29, 1.82) is 0 Å². The first kappa shape index (κ1) is 9.48. The number of nitrogens with one attached hydrogen (secondary N) is 1. The van der Waals surface area contributed by atoms with Crippen molar-refractivity contribution in [3.05, 3.63) is 0 Å². The van der Waals surface area contributed by atoms with Crippen LogP contribution in [0.3, 0.4) is 0 Å². The highest BCUT2D eigenvalue weighted by Gasteiger charge is 2.16. The maximum Gasteiger partial charge on any atom is 0.236 e. The largest absolute Gasteiger partial charge is 0.376 e. The van der Waals surface area contributed by atoms with Gasteiger partial charge < -0.3 is 15.8 Å². The zero-order chi connectivity index (χ0) is 8.97. The lowest BCUT2D eigenvalue weighted by atomic mass is 10.2. The van der Waals surface area contributed by atoms with Crippen molar-refractivity contribution >= 4 is 5.91 Å². The predicted octanol–water partition coefficient (Wildman–Crippen LogP) is -0.371. The number of rotatable bonds is 3. The number of hydrogen-bond donors (Lipinski definition) is 2. The molecule has 1 saturated heterocycles. The van der Waals surface area contributed by atoms with Crippen LogP contribution in [0.25, 0.3) is 0 Å². The summed E-state index contributed by atoms with van der Waals surface area (Å²) in [5.74, 6) is -0.106. The molecule has 1 amide bonds. The molecule has 0 bridgehead atoms. The molecule has 1 aliphatic heterocycles. The first-order chi connectivity index (χ1) is 5.70. The number of carbonyl (C=O) groups is 1. The molecule has 0 saturated carbocycles. The molecule has 1 heterocycles. The van der Waals surface area contributed by atoms with E-state index in [-0.39, 0.29) is 12.0 Å². The molecule has 1 fully saturated rings. The number of amides is 1. The Morgan fingerprint density at radius 3 is 3.08 bits per heavy atom. The van der Waals surface area contributed by atoms with Crippen LogP contribution in [0.5, 0.6) is 0 Å². The SMILES string of the molecule is C[C@@H](N)C(=O)NC[C@@H]1CCCO1. The van der Waals surface area contributed by atoms with Gasteiger partial charge >= 0.3 is 0 Å². The third-order valence-corrected chi connectivity index (χ3v) is 1.94. The Kier molecular flexibility index (Phi) is 3.49. The fourth-order valence-electron chi connectivity index (χ4n) is 1.18. The Morgan fingerprint density at radius 2 is 2.58 bits per heavy atom. The van der Waals surface area contributed by atoms with E-state index in [1.54, 1.807) is 6.92 Å². The summed E-state index contributed by atoms with van der Waals surface area (Å²) < 4.78 is 5.33. The van der Waals surface area contributed by atoms with E-state index in [0.717, 1.165) is 19.4 Å². The first-order valence-electron chi connectivity index (χ1n) is 4.35. The predicted molar refractivity (Wildman–Crippen MR) is 45.6 cm³/mol. The van der Waals surface area contributed by atoms with Crippen molar-refractivity contribution in [1.82, 2.24) is 5.32 Å². The summed E-state index contributed by atoms with van der Waals surface area (Å²) in [7, 11) is 0. The highest BCUT2D eigenvalue weighted by atomic mass is 16.5. The van der Waals surface area contributed by atoms with Gasteiger partial charge in [0.1, 0.15) is 0 Å². The Bertz CT molecular complexity index is 153. The topological polar surface area (TPSA) is 64.4 Å². The summed E-state index contributed by atoms with van der Waals surface area (Å²) in [6.07, 6.45) is 2.34. The summed E-state index contributed by atoms with van der Waals surface area (Å²) >= 11 is 0. The fourth-order valence-corrected chi connectivity index (χ4v) is 1.18. The standard InChI is InChI=1S/C8H16N2O2/c1-6(9)8(11)10-5-7-3-2-4-12-7/h6-7H,2-5,9H2,1H3,(H,10,11)/t6-,7+/m1/s1. The fraction of sp³-hybridized carbons (Fsp3) is 0.875. The number of hydrogen-bond acceptors (Lipinski definition) is 3. The van der Waals surface area contributed by atoms with E-state index in [1.165, 1.54) is 0 Å². The van der Waals surface area contributed by atoms with Crippen molar-refractivity contribution in [3.63, 3.8) is 0 Å². The smallest absolute Gasteiger partial charge is 0.236 e. The zero-order valence-corrected chi connectivity index (χ0v) is 7.38. The van der Waals surface area contributed by atoms with Gasteiger partial charge in [-0.15, -0.1) is 0 Å². The van der Waals surface area contributed by atoms with Crippen LogP contribution < -0.4 is 11.1 Å². The third-order valence-electron chi connectivity index (χ3n) is 1.94. The van der Waals surface area contributed by atoms with E-state index in [9.17, 15) is 4.79 Å². The van der Waals surface area contributed by atoms with Crippen LogP contribution in [0.2, 0.25) is 0 Å². The molecule has 70 valence electrons. The van der Waals surface area contributed by atoms with Crippen LogP contribution in [0.1, 0.15) is 19.8 Å². The Hall–Kier alpha value is -0.610. The minimum atomic E-state index is -0.425. The first-order valence-corrected chi connectivity index (χ1v) is 4.35. The molecule has 0 unspecified atom stereocenters. The molecular formula is C8H16N2O2. The number of nitrogens with two attached hydrogens (primary N) is 1. The van der Waals surface area contributed by atoms with E-state index in [4.69, 9.17) is 10.5 Å². The molecule has 4 heteroatoms. The summed E-state index contributed by atoms with van der Waals surface area (Å²) in [5, 5.41) is 2.74. The van der Waals surface area contributed by atoms with Crippen LogP contribution in [-0.4, -0.2) is 31.2 Å². The summed E-state index contributed by atoms with van der Waals surface area (Å²) in [5.41, 5.74) is 5.37. The molecule has 12 heavy (non-hydrogen) atoms. The maximum absolute atomic E-state index is 11.0. The van der Waals surface area contributed by atoms with Crippen LogP contribution in [0, 0.1) is 0 Å². The average molecular weight is 172 g/mol. The van der Waals surface area contributed by atoms with Gasteiger partial charge in [0.05, 0.1) is 12.1 Å².